The van der Waals surface area contributed by atoms with E-state index >= 15 is 0 Å². The fourth-order valence-electron chi connectivity index (χ4n) is 1.87. The molecule has 1 amide bonds. The molecule has 0 spiro atoms. The van der Waals surface area contributed by atoms with Gasteiger partial charge in [-0.3, -0.25) is 4.79 Å². The van der Waals surface area contributed by atoms with Crippen LogP contribution in [0.1, 0.15) is 31.4 Å². The number of aliphatic carboxylic acids is 1. The maximum absolute atomic E-state index is 12.0. The molecule has 0 aliphatic heterocycles. The summed E-state index contributed by atoms with van der Waals surface area (Å²) in [7, 11) is 1.69. The van der Waals surface area contributed by atoms with Crippen molar-refractivity contribution >= 4 is 11.9 Å². The predicted molar refractivity (Wildman–Crippen MR) is 72.7 cm³/mol. The summed E-state index contributed by atoms with van der Waals surface area (Å²) in [6.07, 6.45) is 1.52. The van der Waals surface area contributed by atoms with Gasteiger partial charge in [0.05, 0.1) is 6.04 Å². The van der Waals surface area contributed by atoms with Crippen LogP contribution in [0.15, 0.2) is 30.3 Å². The van der Waals surface area contributed by atoms with E-state index in [0.29, 0.717) is 12.0 Å². The smallest absolute Gasteiger partial charge is 0.330 e. The van der Waals surface area contributed by atoms with E-state index in [9.17, 15) is 14.7 Å². The van der Waals surface area contributed by atoms with Gasteiger partial charge in [-0.1, -0.05) is 43.7 Å². The molecular weight excluding hydrogens is 244 g/mol. The minimum Gasteiger partial charge on any atom is -0.479 e. The number of likely N-dealkylation sites (N-methyl/N-ethyl adjacent to an activating group) is 1. The quantitative estimate of drug-likeness (QED) is 0.694. The highest BCUT2D eigenvalue weighted by Gasteiger charge is 2.25. The summed E-state index contributed by atoms with van der Waals surface area (Å²) in [6, 6.07) is 7.30. The maximum atomic E-state index is 12.0. The van der Waals surface area contributed by atoms with E-state index in [0.717, 1.165) is 6.42 Å². The lowest BCUT2D eigenvalue weighted by Crippen LogP contribution is -2.45. The average molecular weight is 264 g/mol. The maximum Gasteiger partial charge on any atom is 0.330 e. The fraction of sp³-hybridized carbons (Fsp3) is 0.429. The largest absolute Gasteiger partial charge is 0.479 e. The standard InChI is InChI=1S/C14H20N2O3/c1-3-7-11(15-2)13(17)16-12(14(18)19)10-8-5-4-6-9-10/h4-6,8-9,11-12,15H,3,7H2,1-2H3,(H,16,17)(H,18,19)/t11?,12-/m0/s1. The molecule has 2 atom stereocenters. The van der Waals surface area contributed by atoms with Gasteiger partial charge < -0.3 is 15.7 Å². The molecule has 3 N–H and O–H groups in total. The first-order valence-electron chi connectivity index (χ1n) is 6.35. The summed E-state index contributed by atoms with van der Waals surface area (Å²) >= 11 is 0. The monoisotopic (exact) mass is 264 g/mol. The molecule has 0 fully saturated rings. The third-order valence-electron chi connectivity index (χ3n) is 2.91. The van der Waals surface area contributed by atoms with Gasteiger partial charge in [0.15, 0.2) is 6.04 Å². The predicted octanol–water partition coefficient (Wildman–Crippen LogP) is 1.32. The minimum atomic E-state index is -1.06. The van der Waals surface area contributed by atoms with Gasteiger partial charge in [0.1, 0.15) is 0 Å². The Morgan fingerprint density at radius 2 is 1.89 bits per heavy atom. The van der Waals surface area contributed by atoms with E-state index in [-0.39, 0.29) is 11.9 Å². The molecule has 5 heteroatoms. The Hall–Kier alpha value is -1.88. The number of carboxylic acid groups (broad SMARTS) is 1. The van der Waals surface area contributed by atoms with E-state index in [4.69, 9.17) is 0 Å². The summed E-state index contributed by atoms with van der Waals surface area (Å²) in [5.41, 5.74) is 0.565. The van der Waals surface area contributed by atoms with E-state index < -0.39 is 12.0 Å². The molecule has 0 radical (unpaired) electrons. The fourth-order valence-corrected chi connectivity index (χ4v) is 1.87. The van der Waals surface area contributed by atoms with Crippen molar-refractivity contribution in [3.63, 3.8) is 0 Å². The van der Waals surface area contributed by atoms with Crippen molar-refractivity contribution in [2.24, 2.45) is 0 Å². The molecule has 0 saturated heterocycles. The van der Waals surface area contributed by atoms with Crippen molar-refractivity contribution in [3.05, 3.63) is 35.9 Å². The van der Waals surface area contributed by atoms with Crippen molar-refractivity contribution in [1.82, 2.24) is 10.6 Å². The van der Waals surface area contributed by atoms with Crippen LogP contribution in [-0.4, -0.2) is 30.1 Å². The zero-order valence-corrected chi connectivity index (χ0v) is 11.2. The minimum absolute atomic E-state index is 0.291. The summed E-state index contributed by atoms with van der Waals surface area (Å²) in [4.78, 5) is 23.3. The molecule has 1 aromatic rings. The molecule has 104 valence electrons. The van der Waals surface area contributed by atoms with Crippen LogP contribution in [0.2, 0.25) is 0 Å². The molecule has 0 aliphatic carbocycles. The summed E-state index contributed by atoms with van der Waals surface area (Å²) < 4.78 is 0. The van der Waals surface area contributed by atoms with Gasteiger partial charge in [-0.25, -0.2) is 4.79 Å². The number of benzene rings is 1. The number of rotatable bonds is 7. The Labute approximate surface area is 113 Å². The van der Waals surface area contributed by atoms with Crippen molar-refractivity contribution in [2.75, 3.05) is 7.05 Å². The van der Waals surface area contributed by atoms with Gasteiger partial charge in [-0.15, -0.1) is 0 Å². The second kappa shape index (κ2) is 7.53. The van der Waals surface area contributed by atoms with Crippen LogP contribution in [0.4, 0.5) is 0 Å². The van der Waals surface area contributed by atoms with Gasteiger partial charge in [0, 0.05) is 0 Å². The number of carboxylic acids is 1. The molecule has 1 unspecified atom stereocenters. The van der Waals surface area contributed by atoms with Crippen molar-refractivity contribution in [2.45, 2.75) is 31.8 Å². The SMILES string of the molecule is CCCC(NC)C(=O)N[C@H](C(=O)O)c1ccccc1. The Morgan fingerprint density at radius 3 is 2.37 bits per heavy atom. The first-order chi connectivity index (χ1) is 9.10. The van der Waals surface area contributed by atoms with Crippen molar-refractivity contribution < 1.29 is 14.7 Å². The molecule has 5 nitrogen and oxygen atoms in total. The highest BCUT2D eigenvalue weighted by Crippen LogP contribution is 2.13. The number of carbonyl (C=O) groups excluding carboxylic acids is 1. The molecule has 0 aromatic heterocycles. The molecule has 0 aliphatic rings. The van der Waals surface area contributed by atoms with Gasteiger partial charge in [0.25, 0.3) is 0 Å². The van der Waals surface area contributed by atoms with E-state index in [2.05, 4.69) is 10.6 Å². The normalized spacial score (nSPS) is 13.6. The molecule has 0 bridgehead atoms. The molecule has 1 aromatic carbocycles. The third kappa shape index (κ3) is 4.37. The Balaban J connectivity index is 2.80. The van der Waals surface area contributed by atoms with E-state index in [1.165, 1.54) is 0 Å². The van der Waals surface area contributed by atoms with Crippen molar-refractivity contribution in [3.8, 4) is 0 Å². The topological polar surface area (TPSA) is 78.4 Å². The van der Waals surface area contributed by atoms with Gasteiger partial charge in [-0.2, -0.15) is 0 Å². The lowest BCUT2D eigenvalue weighted by Gasteiger charge is -2.19. The summed E-state index contributed by atoms with van der Waals surface area (Å²) in [6.45, 7) is 1.98. The van der Waals surface area contributed by atoms with Crippen molar-refractivity contribution in [1.29, 1.82) is 0 Å². The Morgan fingerprint density at radius 1 is 1.26 bits per heavy atom. The lowest BCUT2D eigenvalue weighted by molar-refractivity contribution is -0.142. The van der Waals surface area contributed by atoms with Crippen LogP contribution in [-0.2, 0) is 9.59 Å². The van der Waals surface area contributed by atoms with Gasteiger partial charge in [-0.05, 0) is 19.0 Å². The summed E-state index contributed by atoms with van der Waals surface area (Å²) in [5.74, 6) is -1.36. The first kappa shape index (κ1) is 15.2. The molecule has 1 rings (SSSR count). The third-order valence-corrected chi connectivity index (χ3v) is 2.91. The van der Waals surface area contributed by atoms with E-state index in [1.807, 2.05) is 6.92 Å². The molecule has 0 heterocycles. The Kier molecular flexibility index (Phi) is 6.02. The number of carbonyl (C=O) groups is 2. The van der Waals surface area contributed by atoms with Crippen LogP contribution >= 0.6 is 0 Å². The zero-order chi connectivity index (χ0) is 14.3. The number of nitrogens with one attached hydrogen (secondary N) is 2. The van der Waals surface area contributed by atoms with Crippen LogP contribution < -0.4 is 10.6 Å². The average Bonchev–Trinajstić information content (AvgIpc) is 2.42. The van der Waals surface area contributed by atoms with Crippen LogP contribution in [0.25, 0.3) is 0 Å². The van der Waals surface area contributed by atoms with Crippen LogP contribution in [0, 0.1) is 0 Å². The molecule has 19 heavy (non-hydrogen) atoms. The van der Waals surface area contributed by atoms with Gasteiger partial charge in [0.2, 0.25) is 5.91 Å². The number of hydrogen-bond acceptors (Lipinski definition) is 3. The zero-order valence-electron chi connectivity index (χ0n) is 11.2. The van der Waals surface area contributed by atoms with Crippen LogP contribution in [0.5, 0.6) is 0 Å². The Bertz CT molecular complexity index is 420. The molecule has 0 saturated carbocycles. The van der Waals surface area contributed by atoms with Gasteiger partial charge >= 0.3 is 5.97 Å². The first-order valence-corrected chi connectivity index (χ1v) is 6.35. The highest BCUT2D eigenvalue weighted by atomic mass is 16.4. The summed E-state index contributed by atoms with van der Waals surface area (Å²) in [5, 5.41) is 14.7. The molecular formula is C14H20N2O3. The van der Waals surface area contributed by atoms with Crippen LogP contribution in [0.3, 0.4) is 0 Å². The second-order valence-corrected chi connectivity index (χ2v) is 4.32. The number of hydrogen-bond donors (Lipinski definition) is 3. The highest BCUT2D eigenvalue weighted by molar-refractivity contribution is 5.87. The lowest BCUT2D eigenvalue weighted by atomic mass is 10.1. The number of amides is 1. The van der Waals surface area contributed by atoms with E-state index in [1.54, 1.807) is 37.4 Å². The second-order valence-electron chi connectivity index (χ2n) is 4.32.